The summed E-state index contributed by atoms with van der Waals surface area (Å²) in [6.07, 6.45) is 0.824. The summed E-state index contributed by atoms with van der Waals surface area (Å²) in [5.74, 6) is -2.11. The summed E-state index contributed by atoms with van der Waals surface area (Å²) in [5, 5.41) is 11.9. The first kappa shape index (κ1) is 30.9. The topological polar surface area (TPSA) is 89.9 Å². The number of rotatable bonds is 7. The number of fused-ring (bicyclic) bond motifs is 1. The van der Waals surface area contributed by atoms with E-state index in [2.05, 4.69) is 9.62 Å². The van der Waals surface area contributed by atoms with Crippen LogP contribution >= 0.6 is 0 Å². The second-order valence-electron chi connectivity index (χ2n) is 12.8. The fraction of sp³-hybridized carbons (Fsp3) is 0.286. The van der Waals surface area contributed by atoms with Gasteiger partial charge in [0.25, 0.3) is 5.91 Å². The van der Waals surface area contributed by atoms with Gasteiger partial charge in [0.15, 0.2) is 17.2 Å². The van der Waals surface area contributed by atoms with Gasteiger partial charge in [-0.25, -0.2) is 21.9 Å². The maximum absolute atomic E-state index is 13.9. The molecule has 4 aromatic carbocycles. The van der Waals surface area contributed by atoms with Crippen LogP contribution in [0.4, 0.5) is 20.2 Å². The molecule has 234 valence electrons. The summed E-state index contributed by atoms with van der Waals surface area (Å²) >= 11 is 0. The molecule has 1 amide bonds. The minimum absolute atomic E-state index is 0.0367. The van der Waals surface area contributed by atoms with Crippen molar-refractivity contribution in [3.63, 3.8) is 0 Å². The van der Waals surface area contributed by atoms with Crippen LogP contribution in [-0.2, 0) is 27.0 Å². The van der Waals surface area contributed by atoms with Crippen molar-refractivity contribution in [2.24, 2.45) is 0 Å². The van der Waals surface area contributed by atoms with E-state index in [4.69, 9.17) is 0 Å². The monoisotopic (exact) mass is 631 g/mol. The lowest BCUT2D eigenvalue weighted by Gasteiger charge is -2.25. The van der Waals surface area contributed by atoms with E-state index < -0.39 is 38.7 Å². The maximum atomic E-state index is 13.9. The number of halogens is 2. The molecule has 2 heterocycles. The lowest BCUT2D eigenvalue weighted by Crippen LogP contribution is -2.41. The van der Waals surface area contributed by atoms with Gasteiger partial charge in [0, 0.05) is 35.8 Å². The molecule has 0 aromatic heterocycles. The first-order valence-electron chi connectivity index (χ1n) is 14.8. The summed E-state index contributed by atoms with van der Waals surface area (Å²) < 4.78 is 55.4. The van der Waals surface area contributed by atoms with E-state index in [-0.39, 0.29) is 22.9 Å². The van der Waals surface area contributed by atoms with Crippen molar-refractivity contribution in [1.29, 1.82) is 0 Å². The highest BCUT2D eigenvalue weighted by Crippen LogP contribution is 2.45. The van der Waals surface area contributed by atoms with E-state index in [1.807, 2.05) is 24.3 Å². The number of anilines is 2. The van der Waals surface area contributed by atoms with Crippen LogP contribution in [0.25, 0.3) is 0 Å². The van der Waals surface area contributed by atoms with Crippen molar-refractivity contribution in [2.45, 2.75) is 55.7 Å². The van der Waals surface area contributed by atoms with Gasteiger partial charge in [-0.15, -0.1) is 0 Å². The third-order valence-electron chi connectivity index (χ3n) is 8.41. The van der Waals surface area contributed by atoms with E-state index in [1.165, 1.54) is 36.4 Å². The standard InChI is InChI=1S/C35H35F2N3O4S/c1-34(2,3)38-45(43,44)28-15-11-26(12-16-28)35(42)29-6-4-5-7-32(29)40(33(35)41)21-23-8-13-27(14-9-23)39-19-18-25(22-39)24-10-17-30(36)31(37)20-24/h4-17,20,25,38,42H,18-19,21-22H2,1-3H3. The molecule has 45 heavy (non-hydrogen) atoms. The molecule has 0 spiro atoms. The number of nitrogens with one attached hydrogen (secondary N) is 1. The predicted molar refractivity (Wildman–Crippen MR) is 170 cm³/mol. The fourth-order valence-corrected chi connectivity index (χ4v) is 7.65. The Morgan fingerprint density at radius 2 is 1.62 bits per heavy atom. The first-order valence-corrected chi connectivity index (χ1v) is 16.3. The molecule has 7 nitrogen and oxygen atoms in total. The fourth-order valence-electron chi connectivity index (χ4n) is 6.24. The molecule has 1 fully saturated rings. The van der Waals surface area contributed by atoms with Gasteiger partial charge < -0.3 is 14.9 Å². The first-order chi connectivity index (χ1) is 21.3. The van der Waals surface area contributed by atoms with Crippen LogP contribution in [-0.4, -0.2) is 38.1 Å². The van der Waals surface area contributed by atoms with Gasteiger partial charge in [-0.2, -0.15) is 0 Å². The number of carbonyl (C=O) groups excluding carboxylic acids is 1. The highest BCUT2D eigenvalue weighted by molar-refractivity contribution is 7.89. The van der Waals surface area contributed by atoms with Gasteiger partial charge in [0.05, 0.1) is 17.1 Å². The summed E-state index contributed by atoms with van der Waals surface area (Å²) in [6.45, 7) is 6.93. The number of para-hydroxylation sites is 1. The lowest BCUT2D eigenvalue weighted by molar-refractivity contribution is -0.132. The number of amides is 1. The predicted octanol–water partition coefficient (Wildman–Crippen LogP) is 5.82. The van der Waals surface area contributed by atoms with Crippen molar-refractivity contribution in [3.05, 3.63) is 125 Å². The van der Waals surface area contributed by atoms with Crippen LogP contribution in [0.15, 0.2) is 95.9 Å². The van der Waals surface area contributed by atoms with Gasteiger partial charge in [0.2, 0.25) is 10.0 Å². The Morgan fingerprint density at radius 3 is 2.29 bits per heavy atom. The summed E-state index contributed by atoms with van der Waals surface area (Å²) in [5.41, 5.74) is 1.25. The molecule has 0 aliphatic carbocycles. The highest BCUT2D eigenvalue weighted by atomic mass is 32.2. The Balaban J connectivity index is 1.20. The summed E-state index contributed by atoms with van der Waals surface area (Å²) in [6, 6.07) is 24.7. The zero-order valence-corrected chi connectivity index (χ0v) is 26.1. The normalized spacial score (nSPS) is 20.1. The second-order valence-corrected chi connectivity index (χ2v) is 14.5. The minimum atomic E-state index is -3.79. The molecule has 2 unspecified atom stereocenters. The van der Waals surface area contributed by atoms with E-state index in [9.17, 15) is 27.1 Å². The van der Waals surface area contributed by atoms with Crippen LogP contribution in [0.1, 0.15) is 55.4 Å². The Labute approximate surface area is 262 Å². The van der Waals surface area contributed by atoms with E-state index in [0.717, 1.165) is 29.8 Å². The molecule has 1 saturated heterocycles. The zero-order valence-electron chi connectivity index (χ0n) is 25.3. The van der Waals surface area contributed by atoms with Crippen LogP contribution in [0.5, 0.6) is 0 Å². The Morgan fingerprint density at radius 1 is 0.933 bits per heavy atom. The molecule has 2 aliphatic rings. The third-order valence-corrected chi connectivity index (χ3v) is 10.2. The molecule has 4 aromatic rings. The van der Waals surface area contributed by atoms with E-state index in [0.29, 0.717) is 17.8 Å². The van der Waals surface area contributed by atoms with Crippen molar-refractivity contribution < 1.29 is 27.1 Å². The van der Waals surface area contributed by atoms with Gasteiger partial charge in [0.1, 0.15) is 0 Å². The van der Waals surface area contributed by atoms with Crippen LogP contribution in [0, 0.1) is 11.6 Å². The average Bonchev–Trinajstić information content (AvgIpc) is 3.57. The molecule has 2 atom stereocenters. The van der Waals surface area contributed by atoms with Crippen LogP contribution < -0.4 is 14.5 Å². The third kappa shape index (κ3) is 5.85. The molecular formula is C35H35F2N3O4S. The number of benzene rings is 4. The Bertz CT molecular complexity index is 1860. The minimum Gasteiger partial charge on any atom is -0.372 e. The number of carbonyl (C=O) groups is 1. The molecule has 0 radical (unpaired) electrons. The maximum Gasteiger partial charge on any atom is 0.268 e. The average molecular weight is 632 g/mol. The smallest absolute Gasteiger partial charge is 0.268 e. The molecule has 2 aliphatic heterocycles. The molecule has 10 heteroatoms. The lowest BCUT2D eigenvalue weighted by atomic mass is 9.87. The molecule has 0 bridgehead atoms. The van der Waals surface area contributed by atoms with Crippen molar-refractivity contribution >= 4 is 27.3 Å². The zero-order chi connectivity index (χ0) is 32.1. The number of aliphatic hydroxyl groups is 1. The second kappa shape index (κ2) is 11.3. The number of hydrogen-bond acceptors (Lipinski definition) is 5. The molecule has 6 rings (SSSR count). The Hall–Kier alpha value is -4.12. The van der Waals surface area contributed by atoms with Gasteiger partial charge in [-0.05, 0) is 86.3 Å². The summed E-state index contributed by atoms with van der Waals surface area (Å²) in [4.78, 5) is 17.7. The summed E-state index contributed by atoms with van der Waals surface area (Å²) in [7, 11) is -3.79. The number of hydrogen-bond donors (Lipinski definition) is 2. The largest absolute Gasteiger partial charge is 0.372 e. The molecule has 2 N–H and O–H groups in total. The number of nitrogens with zero attached hydrogens (tertiary/aromatic N) is 2. The van der Waals surface area contributed by atoms with Crippen LogP contribution in [0.3, 0.4) is 0 Å². The molecule has 0 saturated carbocycles. The van der Waals surface area contributed by atoms with Crippen molar-refractivity contribution in [2.75, 3.05) is 22.9 Å². The molecular weight excluding hydrogens is 596 g/mol. The quantitative estimate of drug-likeness (QED) is 0.269. The van der Waals surface area contributed by atoms with Gasteiger partial charge >= 0.3 is 0 Å². The van der Waals surface area contributed by atoms with E-state index >= 15 is 0 Å². The highest BCUT2D eigenvalue weighted by Gasteiger charge is 2.51. The van der Waals surface area contributed by atoms with Crippen molar-refractivity contribution in [3.8, 4) is 0 Å². The van der Waals surface area contributed by atoms with Crippen LogP contribution in [0.2, 0.25) is 0 Å². The van der Waals surface area contributed by atoms with E-state index in [1.54, 1.807) is 56.0 Å². The SMILES string of the molecule is CC(C)(C)NS(=O)(=O)c1ccc(C2(O)C(=O)N(Cc3ccc(N4CCC(c5ccc(F)c(F)c5)C4)cc3)c3ccccc32)cc1. The Kier molecular flexibility index (Phi) is 7.79. The van der Waals surface area contributed by atoms with Crippen molar-refractivity contribution in [1.82, 2.24) is 4.72 Å². The number of sulfonamides is 1. The van der Waals surface area contributed by atoms with Gasteiger partial charge in [-0.1, -0.05) is 48.5 Å². The van der Waals surface area contributed by atoms with Gasteiger partial charge in [-0.3, -0.25) is 4.79 Å².